The Bertz CT molecular complexity index is 365. The Balaban J connectivity index is 2.33. The van der Waals surface area contributed by atoms with Crippen molar-refractivity contribution in [3.05, 3.63) is 35.9 Å². The van der Waals surface area contributed by atoms with E-state index >= 15 is 0 Å². The maximum Gasteiger partial charge on any atom is 0.219 e. The Morgan fingerprint density at radius 1 is 1.38 bits per heavy atom. The van der Waals surface area contributed by atoms with Crippen LogP contribution in [-0.2, 0) is 11.3 Å². The van der Waals surface area contributed by atoms with Crippen LogP contribution in [0.1, 0.15) is 12.5 Å². The summed E-state index contributed by atoms with van der Waals surface area (Å²) in [7, 11) is 1.73. The van der Waals surface area contributed by atoms with E-state index < -0.39 is 0 Å². The van der Waals surface area contributed by atoms with Crippen LogP contribution in [0.3, 0.4) is 0 Å². The van der Waals surface area contributed by atoms with Gasteiger partial charge in [-0.25, -0.2) is 0 Å². The zero-order chi connectivity index (χ0) is 12.0. The van der Waals surface area contributed by atoms with Crippen molar-refractivity contribution in [2.75, 3.05) is 13.6 Å². The Morgan fingerprint density at radius 3 is 2.56 bits per heavy atom. The lowest BCUT2D eigenvalue weighted by molar-refractivity contribution is -0.126. The van der Waals surface area contributed by atoms with Gasteiger partial charge in [-0.2, -0.15) is 0 Å². The molecule has 0 heterocycles. The number of amides is 1. The van der Waals surface area contributed by atoms with Gasteiger partial charge in [-0.1, -0.05) is 42.5 Å². The van der Waals surface area contributed by atoms with Gasteiger partial charge in [-0.3, -0.25) is 4.79 Å². The lowest BCUT2D eigenvalue weighted by Gasteiger charge is -2.16. The van der Waals surface area contributed by atoms with E-state index in [1.54, 1.807) is 11.9 Å². The highest BCUT2D eigenvalue weighted by molar-refractivity contribution is 7.80. The second-order valence-corrected chi connectivity index (χ2v) is 4.13. The molecule has 1 N–H and O–H groups in total. The van der Waals surface area contributed by atoms with E-state index in [-0.39, 0.29) is 5.91 Å². The maximum atomic E-state index is 11.0. The molecule has 0 bridgehead atoms. The normalized spacial score (nSPS) is 9.62. The molecule has 0 saturated carbocycles. The summed E-state index contributed by atoms with van der Waals surface area (Å²) < 4.78 is 0. The van der Waals surface area contributed by atoms with Crippen molar-refractivity contribution in [2.45, 2.75) is 13.5 Å². The molecule has 16 heavy (non-hydrogen) atoms. The number of rotatable bonds is 4. The van der Waals surface area contributed by atoms with Crippen molar-refractivity contribution in [2.24, 2.45) is 0 Å². The zero-order valence-electron chi connectivity index (χ0n) is 9.56. The predicted octanol–water partition coefficient (Wildman–Crippen LogP) is 1.58. The van der Waals surface area contributed by atoms with Gasteiger partial charge in [-0.05, 0) is 5.56 Å². The molecule has 0 aliphatic heterocycles. The number of benzene rings is 1. The third-order valence-electron chi connectivity index (χ3n) is 2.25. The minimum atomic E-state index is 0.0175. The lowest BCUT2D eigenvalue weighted by atomic mass is 10.2. The van der Waals surface area contributed by atoms with Crippen LogP contribution in [0.15, 0.2) is 30.3 Å². The van der Waals surface area contributed by atoms with Gasteiger partial charge < -0.3 is 10.2 Å². The number of carbonyl (C=O) groups is 1. The second-order valence-electron chi connectivity index (χ2n) is 3.64. The summed E-state index contributed by atoms with van der Waals surface area (Å²) in [6.07, 6.45) is 0. The number of hydrogen-bond donors (Lipinski definition) is 1. The summed E-state index contributed by atoms with van der Waals surface area (Å²) >= 11 is 5.14. The molecule has 0 fully saturated rings. The molecule has 4 heteroatoms. The SMILES string of the molecule is CC(=O)N(C)CC(=S)NCc1ccccc1. The van der Waals surface area contributed by atoms with Crippen LogP contribution in [0.25, 0.3) is 0 Å². The largest absolute Gasteiger partial charge is 0.374 e. The molecule has 86 valence electrons. The summed E-state index contributed by atoms with van der Waals surface area (Å²) in [5.41, 5.74) is 1.18. The first-order chi connectivity index (χ1) is 7.59. The van der Waals surface area contributed by atoms with Crippen LogP contribution >= 0.6 is 12.2 Å². The van der Waals surface area contributed by atoms with Gasteiger partial charge in [-0.15, -0.1) is 0 Å². The van der Waals surface area contributed by atoms with Crippen LogP contribution in [-0.4, -0.2) is 29.4 Å². The van der Waals surface area contributed by atoms with Crippen LogP contribution in [0.5, 0.6) is 0 Å². The maximum absolute atomic E-state index is 11.0. The topological polar surface area (TPSA) is 32.3 Å². The van der Waals surface area contributed by atoms with Crippen molar-refractivity contribution in [1.29, 1.82) is 0 Å². The number of hydrogen-bond acceptors (Lipinski definition) is 2. The fourth-order valence-corrected chi connectivity index (χ4v) is 1.44. The van der Waals surface area contributed by atoms with Crippen LogP contribution in [0.2, 0.25) is 0 Å². The average molecular weight is 236 g/mol. The summed E-state index contributed by atoms with van der Waals surface area (Å²) in [4.78, 5) is 13.3. The van der Waals surface area contributed by atoms with E-state index in [1.807, 2.05) is 30.3 Å². The van der Waals surface area contributed by atoms with Crippen LogP contribution < -0.4 is 5.32 Å². The molecule has 0 atom stereocenters. The predicted molar refractivity (Wildman–Crippen MR) is 69.2 cm³/mol. The zero-order valence-corrected chi connectivity index (χ0v) is 10.4. The Hall–Kier alpha value is -1.42. The van der Waals surface area contributed by atoms with Crippen LogP contribution in [0, 0.1) is 0 Å². The fourth-order valence-electron chi connectivity index (χ4n) is 1.18. The van der Waals surface area contributed by atoms with E-state index in [4.69, 9.17) is 12.2 Å². The molecule has 3 nitrogen and oxygen atoms in total. The van der Waals surface area contributed by atoms with E-state index in [9.17, 15) is 4.79 Å². The fraction of sp³-hybridized carbons (Fsp3) is 0.333. The lowest BCUT2D eigenvalue weighted by Crippen LogP contribution is -2.35. The van der Waals surface area contributed by atoms with E-state index in [1.165, 1.54) is 12.5 Å². The highest BCUT2D eigenvalue weighted by Gasteiger charge is 2.04. The van der Waals surface area contributed by atoms with E-state index in [2.05, 4.69) is 5.32 Å². The minimum absolute atomic E-state index is 0.0175. The monoisotopic (exact) mass is 236 g/mol. The second kappa shape index (κ2) is 6.23. The van der Waals surface area contributed by atoms with Gasteiger partial charge >= 0.3 is 0 Å². The molecular formula is C12H16N2OS. The molecule has 0 aliphatic rings. The molecule has 0 spiro atoms. The summed E-state index contributed by atoms with van der Waals surface area (Å²) in [6, 6.07) is 10.0. The first-order valence-corrected chi connectivity index (χ1v) is 5.52. The van der Waals surface area contributed by atoms with Crippen molar-refractivity contribution < 1.29 is 4.79 Å². The third kappa shape index (κ3) is 4.40. The van der Waals surface area contributed by atoms with Gasteiger partial charge in [0.15, 0.2) is 0 Å². The Kier molecular flexibility index (Phi) is 4.92. The first kappa shape index (κ1) is 12.6. The van der Waals surface area contributed by atoms with Gasteiger partial charge in [0.1, 0.15) is 0 Å². The smallest absolute Gasteiger partial charge is 0.219 e. The van der Waals surface area contributed by atoms with Crippen LogP contribution in [0.4, 0.5) is 0 Å². The molecule has 1 aromatic carbocycles. The molecule has 0 radical (unpaired) electrons. The standard InChI is InChI=1S/C12H16N2OS/c1-10(15)14(2)9-12(16)13-8-11-6-4-3-5-7-11/h3-7H,8-9H2,1-2H3,(H,13,16). The highest BCUT2D eigenvalue weighted by Crippen LogP contribution is 1.97. The third-order valence-corrected chi connectivity index (χ3v) is 2.52. The molecule has 0 saturated heterocycles. The summed E-state index contributed by atoms with van der Waals surface area (Å²) in [5.74, 6) is 0.0175. The molecular weight excluding hydrogens is 220 g/mol. The van der Waals surface area contributed by atoms with E-state index in [0.29, 0.717) is 18.1 Å². The quantitative estimate of drug-likeness (QED) is 0.806. The van der Waals surface area contributed by atoms with Gasteiger partial charge in [0.2, 0.25) is 5.91 Å². The molecule has 0 aromatic heterocycles. The van der Waals surface area contributed by atoms with Gasteiger partial charge in [0, 0.05) is 20.5 Å². The Labute approximate surface area is 101 Å². The molecule has 1 amide bonds. The summed E-state index contributed by atoms with van der Waals surface area (Å²) in [6.45, 7) is 2.70. The van der Waals surface area contributed by atoms with Gasteiger partial charge in [0.05, 0.1) is 11.5 Å². The van der Waals surface area contributed by atoms with E-state index in [0.717, 1.165) is 0 Å². The number of nitrogens with one attached hydrogen (secondary N) is 1. The number of thiocarbonyl (C=S) groups is 1. The molecule has 0 aliphatic carbocycles. The van der Waals surface area contributed by atoms with Crippen molar-refractivity contribution in [3.63, 3.8) is 0 Å². The Morgan fingerprint density at radius 2 is 2.00 bits per heavy atom. The van der Waals surface area contributed by atoms with Crippen molar-refractivity contribution in [3.8, 4) is 0 Å². The minimum Gasteiger partial charge on any atom is -0.374 e. The van der Waals surface area contributed by atoms with Gasteiger partial charge in [0.25, 0.3) is 0 Å². The molecule has 0 unspecified atom stereocenters. The van der Waals surface area contributed by atoms with Crippen molar-refractivity contribution >= 4 is 23.1 Å². The first-order valence-electron chi connectivity index (χ1n) is 5.12. The number of likely N-dealkylation sites (N-methyl/N-ethyl adjacent to an activating group) is 1. The molecule has 1 aromatic rings. The molecule has 1 rings (SSSR count). The summed E-state index contributed by atoms with van der Waals surface area (Å²) in [5, 5.41) is 3.12. The highest BCUT2D eigenvalue weighted by atomic mass is 32.1. The number of carbonyl (C=O) groups excluding carboxylic acids is 1. The average Bonchev–Trinajstić information content (AvgIpc) is 2.27. The number of nitrogens with zero attached hydrogens (tertiary/aromatic N) is 1. The van der Waals surface area contributed by atoms with Crippen molar-refractivity contribution in [1.82, 2.24) is 10.2 Å².